The Balaban J connectivity index is 1.72. The van der Waals surface area contributed by atoms with Gasteiger partial charge in [-0.1, -0.05) is 30.3 Å². The summed E-state index contributed by atoms with van der Waals surface area (Å²) >= 11 is 0. The van der Waals surface area contributed by atoms with Gasteiger partial charge in [-0.2, -0.15) is 0 Å². The highest BCUT2D eigenvalue weighted by atomic mass is 19.1. The van der Waals surface area contributed by atoms with E-state index in [0.717, 1.165) is 16.8 Å². The number of halogens is 1. The van der Waals surface area contributed by atoms with E-state index in [4.69, 9.17) is 0 Å². The average molecular weight is 362 g/mol. The highest BCUT2D eigenvalue weighted by Gasteiger charge is 2.12. The molecule has 0 saturated heterocycles. The second-order valence-electron chi connectivity index (χ2n) is 6.23. The third-order valence-corrected chi connectivity index (χ3v) is 4.25. The molecule has 0 bridgehead atoms. The number of nitrogens with one attached hydrogen (secondary N) is 2. The fraction of sp³-hybridized carbons (Fsp3) is 0.0909. The van der Waals surface area contributed by atoms with Crippen LogP contribution in [0.5, 0.6) is 0 Å². The molecule has 0 aliphatic rings. The van der Waals surface area contributed by atoms with Crippen LogP contribution >= 0.6 is 0 Å². The summed E-state index contributed by atoms with van der Waals surface area (Å²) in [4.78, 5) is 24.7. The van der Waals surface area contributed by atoms with E-state index in [9.17, 15) is 14.0 Å². The molecule has 2 N–H and O–H groups in total. The molecule has 3 aromatic carbocycles. The molecule has 5 heteroatoms. The quantitative estimate of drug-likeness (QED) is 0.690. The van der Waals surface area contributed by atoms with Gasteiger partial charge < -0.3 is 10.6 Å². The Morgan fingerprint density at radius 1 is 0.704 bits per heavy atom. The molecule has 136 valence electrons. The smallest absolute Gasteiger partial charge is 0.255 e. The highest BCUT2D eigenvalue weighted by Crippen LogP contribution is 2.20. The molecule has 0 spiro atoms. The number of aryl methyl sites for hydroxylation is 2. The number of carbonyl (C=O) groups is 2. The first-order chi connectivity index (χ1) is 13.0. The van der Waals surface area contributed by atoms with E-state index in [-0.39, 0.29) is 11.6 Å². The lowest BCUT2D eigenvalue weighted by atomic mass is 10.1. The van der Waals surface area contributed by atoms with E-state index >= 15 is 0 Å². The Kier molecular flexibility index (Phi) is 5.31. The molecule has 0 radical (unpaired) electrons. The molecule has 4 nitrogen and oxygen atoms in total. The van der Waals surface area contributed by atoms with Crippen LogP contribution in [0, 0.1) is 19.7 Å². The normalized spacial score (nSPS) is 10.3. The van der Waals surface area contributed by atoms with E-state index in [1.807, 2.05) is 32.0 Å². The highest BCUT2D eigenvalue weighted by molar-refractivity contribution is 6.07. The van der Waals surface area contributed by atoms with Crippen LogP contribution in [0.15, 0.2) is 66.7 Å². The summed E-state index contributed by atoms with van der Waals surface area (Å²) in [5.74, 6) is -1.20. The molecule has 0 atom stereocenters. The van der Waals surface area contributed by atoms with Crippen LogP contribution in [0.1, 0.15) is 31.8 Å². The molecule has 3 rings (SSSR count). The van der Waals surface area contributed by atoms with E-state index in [1.165, 1.54) is 24.3 Å². The Hall–Kier alpha value is -3.47. The van der Waals surface area contributed by atoms with Crippen molar-refractivity contribution in [3.63, 3.8) is 0 Å². The lowest BCUT2D eigenvalue weighted by Crippen LogP contribution is -2.15. The zero-order valence-corrected chi connectivity index (χ0v) is 15.0. The van der Waals surface area contributed by atoms with Crippen LogP contribution in [0.4, 0.5) is 15.8 Å². The summed E-state index contributed by atoms with van der Waals surface area (Å²) in [5.41, 5.74) is 3.61. The summed E-state index contributed by atoms with van der Waals surface area (Å²) < 4.78 is 13.6. The maximum atomic E-state index is 13.6. The zero-order valence-electron chi connectivity index (χ0n) is 15.0. The van der Waals surface area contributed by atoms with E-state index in [0.29, 0.717) is 11.1 Å². The molecular formula is C22H19FN2O2. The number of carbonyl (C=O) groups excluding carboxylic acids is 2. The molecular weight excluding hydrogens is 343 g/mol. The fourth-order valence-electron chi connectivity index (χ4n) is 2.73. The minimum atomic E-state index is -0.504. The van der Waals surface area contributed by atoms with Crippen LogP contribution in [0.3, 0.4) is 0 Å². The first-order valence-corrected chi connectivity index (χ1v) is 8.49. The molecule has 0 aliphatic carbocycles. The van der Waals surface area contributed by atoms with Crippen molar-refractivity contribution in [3.8, 4) is 0 Å². The van der Waals surface area contributed by atoms with Gasteiger partial charge >= 0.3 is 0 Å². The first kappa shape index (κ1) is 18.3. The number of hydrogen-bond acceptors (Lipinski definition) is 2. The third kappa shape index (κ3) is 4.20. The number of rotatable bonds is 4. The van der Waals surface area contributed by atoms with Crippen molar-refractivity contribution in [3.05, 3.63) is 94.8 Å². The Morgan fingerprint density at radius 3 is 1.78 bits per heavy atom. The van der Waals surface area contributed by atoms with Crippen LogP contribution in [0.25, 0.3) is 0 Å². The molecule has 0 heterocycles. The Labute approximate surface area is 157 Å². The van der Waals surface area contributed by atoms with Crippen molar-refractivity contribution < 1.29 is 14.0 Å². The summed E-state index contributed by atoms with van der Waals surface area (Å²) in [6.45, 7) is 3.86. The average Bonchev–Trinajstić information content (AvgIpc) is 2.66. The standard InChI is InChI=1S/C22H19FN2O2/c1-14-6-5-7-15(2)20(14)25-22(27)17-12-10-16(11-13-17)21(26)24-19-9-4-3-8-18(19)23/h3-13H,1-2H3,(H,24,26)(H,25,27). The van der Waals surface area contributed by atoms with Gasteiger partial charge in [-0.3, -0.25) is 9.59 Å². The minimum Gasteiger partial charge on any atom is -0.322 e. The second-order valence-corrected chi connectivity index (χ2v) is 6.23. The van der Waals surface area contributed by atoms with Gasteiger partial charge in [0, 0.05) is 16.8 Å². The molecule has 0 unspecified atom stereocenters. The van der Waals surface area contributed by atoms with Gasteiger partial charge in [0.15, 0.2) is 0 Å². The van der Waals surface area contributed by atoms with Gasteiger partial charge in [0.25, 0.3) is 11.8 Å². The summed E-state index contributed by atoms with van der Waals surface area (Å²) in [7, 11) is 0. The van der Waals surface area contributed by atoms with Crippen molar-refractivity contribution >= 4 is 23.2 Å². The largest absolute Gasteiger partial charge is 0.322 e. The van der Waals surface area contributed by atoms with Gasteiger partial charge in [-0.25, -0.2) is 4.39 Å². The van der Waals surface area contributed by atoms with E-state index < -0.39 is 11.7 Å². The monoisotopic (exact) mass is 362 g/mol. The SMILES string of the molecule is Cc1cccc(C)c1NC(=O)c1ccc(C(=O)Nc2ccccc2F)cc1. The van der Waals surface area contributed by atoms with Crippen LogP contribution in [0.2, 0.25) is 0 Å². The lowest BCUT2D eigenvalue weighted by molar-refractivity contribution is 0.101. The van der Waals surface area contributed by atoms with Gasteiger partial charge in [0.05, 0.1) is 5.69 Å². The number of amides is 2. The van der Waals surface area contributed by atoms with E-state index in [2.05, 4.69) is 10.6 Å². The number of hydrogen-bond donors (Lipinski definition) is 2. The van der Waals surface area contributed by atoms with Crippen molar-refractivity contribution in [2.24, 2.45) is 0 Å². The lowest BCUT2D eigenvalue weighted by Gasteiger charge is -2.12. The number of benzene rings is 3. The maximum Gasteiger partial charge on any atom is 0.255 e. The predicted molar refractivity (Wildman–Crippen MR) is 105 cm³/mol. The zero-order chi connectivity index (χ0) is 19.4. The van der Waals surface area contributed by atoms with Crippen molar-refractivity contribution in [2.45, 2.75) is 13.8 Å². The van der Waals surface area contributed by atoms with Crippen molar-refractivity contribution in [1.82, 2.24) is 0 Å². The van der Waals surface area contributed by atoms with Crippen molar-refractivity contribution in [2.75, 3.05) is 10.6 Å². The molecule has 0 fully saturated rings. The summed E-state index contributed by atoms with van der Waals surface area (Å²) in [6, 6.07) is 18.0. The maximum absolute atomic E-state index is 13.6. The topological polar surface area (TPSA) is 58.2 Å². The van der Waals surface area contributed by atoms with Gasteiger partial charge in [0.1, 0.15) is 5.82 Å². The number of para-hydroxylation sites is 2. The second kappa shape index (κ2) is 7.83. The minimum absolute atomic E-state index is 0.111. The van der Waals surface area contributed by atoms with Crippen molar-refractivity contribution in [1.29, 1.82) is 0 Å². The summed E-state index contributed by atoms with van der Waals surface area (Å²) in [6.07, 6.45) is 0. The Bertz CT molecular complexity index is 977. The molecule has 0 aliphatic heterocycles. The molecule has 2 amide bonds. The van der Waals surface area contributed by atoms with Crippen LogP contribution in [-0.4, -0.2) is 11.8 Å². The van der Waals surface area contributed by atoms with Gasteiger partial charge in [0.2, 0.25) is 0 Å². The third-order valence-electron chi connectivity index (χ3n) is 4.25. The summed E-state index contributed by atoms with van der Waals surface area (Å²) in [5, 5.41) is 5.42. The number of anilines is 2. The molecule has 0 saturated carbocycles. The molecule has 0 aromatic heterocycles. The Morgan fingerprint density at radius 2 is 1.22 bits per heavy atom. The molecule has 3 aromatic rings. The van der Waals surface area contributed by atoms with Crippen LogP contribution in [-0.2, 0) is 0 Å². The van der Waals surface area contributed by atoms with Gasteiger partial charge in [-0.05, 0) is 61.4 Å². The predicted octanol–water partition coefficient (Wildman–Crippen LogP) is 4.95. The van der Waals surface area contributed by atoms with E-state index in [1.54, 1.807) is 24.3 Å². The fourth-order valence-corrected chi connectivity index (χ4v) is 2.73. The molecule has 27 heavy (non-hydrogen) atoms. The first-order valence-electron chi connectivity index (χ1n) is 8.49. The van der Waals surface area contributed by atoms with Crippen LogP contribution < -0.4 is 10.6 Å². The van der Waals surface area contributed by atoms with Gasteiger partial charge in [-0.15, -0.1) is 0 Å².